The van der Waals surface area contributed by atoms with Crippen molar-refractivity contribution in [3.8, 4) is 11.6 Å². The van der Waals surface area contributed by atoms with Crippen molar-refractivity contribution in [3.63, 3.8) is 0 Å². The summed E-state index contributed by atoms with van der Waals surface area (Å²) in [5, 5.41) is 0. The minimum absolute atomic E-state index is 0.203. The first-order chi connectivity index (χ1) is 8.72. The second-order valence-electron chi connectivity index (χ2n) is 4.27. The normalized spacial score (nSPS) is 13.4. The van der Waals surface area contributed by atoms with Crippen LogP contribution in [0.5, 0.6) is 11.6 Å². The molecule has 2 N–H and O–H groups in total. The van der Waals surface area contributed by atoms with Crippen LogP contribution in [-0.2, 0) is 12.8 Å². The van der Waals surface area contributed by atoms with Gasteiger partial charge in [-0.15, -0.1) is 0 Å². The molecule has 1 aromatic carbocycles. The van der Waals surface area contributed by atoms with E-state index in [1.165, 1.54) is 24.0 Å². The van der Waals surface area contributed by atoms with Gasteiger partial charge in [-0.2, -0.15) is 4.98 Å². The predicted molar refractivity (Wildman–Crippen MR) is 72.7 cm³/mol. The summed E-state index contributed by atoms with van der Waals surface area (Å²) in [6, 6.07) is 6.16. The number of benzene rings is 1. The fourth-order valence-electron chi connectivity index (χ4n) is 2.16. The number of nitrogen functional groups attached to an aromatic ring is 1. The van der Waals surface area contributed by atoms with Crippen LogP contribution in [0, 0.1) is 0 Å². The third kappa shape index (κ3) is 2.18. The van der Waals surface area contributed by atoms with Gasteiger partial charge in [0.1, 0.15) is 5.75 Å². The molecule has 0 spiro atoms. The summed E-state index contributed by atoms with van der Waals surface area (Å²) in [5.41, 5.74) is 8.33. The van der Waals surface area contributed by atoms with E-state index in [1.54, 1.807) is 6.20 Å². The Morgan fingerprint density at radius 3 is 2.94 bits per heavy atom. The second kappa shape index (κ2) is 4.57. The van der Waals surface area contributed by atoms with E-state index in [0.717, 1.165) is 12.2 Å². The fourth-order valence-corrected chi connectivity index (χ4v) is 2.43. The molecule has 4 nitrogen and oxygen atoms in total. The predicted octanol–water partition coefficient (Wildman–Crippen LogP) is 3.10. The molecule has 18 heavy (non-hydrogen) atoms. The molecule has 0 bridgehead atoms. The lowest BCUT2D eigenvalue weighted by molar-refractivity contribution is 0.458. The number of aryl methyl sites for hydroxylation is 2. The van der Waals surface area contributed by atoms with Crippen LogP contribution >= 0.6 is 15.9 Å². The van der Waals surface area contributed by atoms with E-state index in [2.05, 4.69) is 38.0 Å². The van der Waals surface area contributed by atoms with Crippen LogP contribution in [0.15, 0.2) is 28.9 Å². The Hall–Kier alpha value is -1.62. The van der Waals surface area contributed by atoms with Crippen LogP contribution in [0.2, 0.25) is 0 Å². The van der Waals surface area contributed by atoms with Crippen LogP contribution in [0.25, 0.3) is 0 Å². The zero-order valence-electron chi connectivity index (χ0n) is 9.69. The molecule has 0 radical (unpaired) electrons. The largest absolute Gasteiger partial charge is 0.438 e. The lowest BCUT2D eigenvalue weighted by atomic mass is 10.1. The topological polar surface area (TPSA) is 61.0 Å². The molecule has 1 aliphatic rings. The Balaban J connectivity index is 1.90. The maximum absolute atomic E-state index is 5.74. The van der Waals surface area contributed by atoms with Crippen molar-refractivity contribution in [2.75, 3.05) is 5.73 Å². The third-order valence-electron chi connectivity index (χ3n) is 3.02. The Morgan fingerprint density at radius 1 is 1.22 bits per heavy atom. The van der Waals surface area contributed by atoms with Gasteiger partial charge >= 0.3 is 0 Å². The number of anilines is 1. The molecule has 5 heteroatoms. The van der Waals surface area contributed by atoms with Crippen molar-refractivity contribution < 1.29 is 4.74 Å². The first kappa shape index (κ1) is 11.5. The van der Waals surface area contributed by atoms with E-state index in [0.29, 0.717) is 10.4 Å². The maximum Gasteiger partial charge on any atom is 0.238 e. The summed E-state index contributed by atoms with van der Waals surface area (Å²) in [6.45, 7) is 0. The first-order valence-electron chi connectivity index (χ1n) is 5.80. The average Bonchev–Trinajstić information content (AvgIpc) is 2.81. The number of hydrogen-bond donors (Lipinski definition) is 1. The monoisotopic (exact) mass is 305 g/mol. The van der Waals surface area contributed by atoms with Crippen LogP contribution in [-0.4, -0.2) is 9.97 Å². The molecule has 0 amide bonds. The van der Waals surface area contributed by atoms with Crippen molar-refractivity contribution in [2.45, 2.75) is 19.3 Å². The summed E-state index contributed by atoms with van der Waals surface area (Å²) in [6.07, 6.45) is 5.10. The van der Waals surface area contributed by atoms with Crippen LogP contribution in [0.3, 0.4) is 0 Å². The van der Waals surface area contributed by atoms with E-state index in [4.69, 9.17) is 10.5 Å². The van der Waals surface area contributed by atoms with Gasteiger partial charge in [-0.1, -0.05) is 6.07 Å². The number of halogens is 1. The standard InChI is InChI=1S/C13H12BrN3O/c14-11-7-16-13(15)17-12(11)18-10-5-4-8-2-1-3-9(8)6-10/h4-7H,1-3H2,(H2,15,16,17). The van der Waals surface area contributed by atoms with Gasteiger partial charge < -0.3 is 10.5 Å². The van der Waals surface area contributed by atoms with Crippen LogP contribution < -0.4 is 10.5 Å². The SMILES string of the molecule is Nc1ncc(Br)c(Oc2ccc3c(c2)CCC3)n1. The van der Waals surface area contributed by atoms with Gasteiger partial charge in [0.05, 0.1) is 10.7 Å². The lowest BCUT2D eigenvalue weighted by Crippen LogP contribution is -1.97. The fraction of sp³-hybridized carbons (Fsp3) is 0.231. The minimum atomic E-state index is 0.203. The quantitative estimate of drug-likeness (QED) is 0.926. The molecule has 0 saturated carbocycles. The molecule has 92 valence electrons. The average molecular weight is 306 g/mol. The number of aromatic nitrogens is 2. The minimum Gasteiger partial charge on any atom is -0.438 e. The van der Waals surface area contributed by atoms with Gasteiger partial charge in [0.15, 0.2) is 0 Å². The van der Waals surface area contributed by atoms with E-state index < -0.39 is 0 Å². The van der Waals surface area contributed by atoms with Crippen molar-refractivity contribution in [2.24, 2.45) is 0 Å². The van der Waals surface area contributed by atoms with E-state index in [9.17, 15) is 0 Å². The zero-order chi connectivity index (χ0) is 12.5. The summed E-state index contributed by atoms with van der Waals surface area (Å²) >= 11 is 3.34. The summed E-state index contributed by atoms with van der Waals surface area (Å²) in [7, 11) is 0. The van der Waals surface area contributed by atoms with Gasteiger partial charge in [0.2, 0.25) is 11.8 Å². The van der Waals surface area contributed by atoms with Crippen LogP contribution in [0.1, 0.15) is 17.5 Å². The van der Waals surface area contributed by atoms with E-state index in [-0.39, 0.29) is 5.95 Å². The van der Waals surface area contributed by atoms with Gasteiger partial charge in [0.25, 0.3) is 0 Å². The van der Waals surface area contributed by atoms with Crippen molar-refractivity contribution in [1.29, 1.82) is 0 Å². The van der Waals surface area contributed by atoms with Gasteiger partial charge in [-0.05, 0) is 58.5 Å². The maximum atomic E-state index is 5.74. The number of fused-ring (bicyclic) bond motifs is 1. The molecular weight excluding hydrogens is 294 g/mol. The number of nitrogens with two attached hydrogens (primary N) is 1. The van der Waals surface area contributed by atoms with E-state index >= 15 is 0 Å². The first-order valence-corrected chi connectivity index (χ1v) is 6.59. The summed E-state index contributed by atoms with van der Waals surface area (Å²) in [4.78, 5) is 7.94. The number of rotatable bonds is 2. The molecule has 1 aromatic heterocycles. The number of nitrogens with zero attached hydrogens (tertiary/aromatic N) is 2. The third-order valence-corrected chi connectivity index (χ3v) is 3.56. The number of hydrogen-bond acceptors (Lipinski definition) is 4. The molecular formula is C13H12BrN3O. The Bertz CT molecular complexity index is 601. The zero-order valence-corrected chi connectivity index (χ0v) is 11.3. The molecule has 0 atom stereocenters. The summed E-state index contributed by atoms with van der Waals surface area (Å²) < 4.78 is 6.43. The Labute approximate surface area is 113 Å². The Kier molecular flexibility index (Phi) is 2.91. The highest BCUT2D eigenvalue weighted by Crippen LogP contribution is 2.31. The highest BCUT2D eigenvalue weighted by Gasteiger charge is 2.12. The molecule has 2 aromatic rings. The molecule has 0 aliphatic heterocycles. The van der Waals surface area contributed by atoms with Gasteiger partial charge in [-0.25, -0.2) is 4.98 Å². The number of ether oxygens (including phenoxy) is 1. The van der Waals surface area contributed by atoms with Gasteiger partial charge in [0, 0.05) is 0 Å². The molecule has 3 rings (SSSR count). The molecule has 1 aliphatic carbocycles. The molecule has 1 heterocycles. The van der Waals surface area contributed by atoms with Crippen LogP contribution in [0.4, 0.5) is 5.95 Å². The highest BCUT2D eigenvalue weighted by atomic mass is 79.9. The molecule has 0 fully saturated rings. The highest BCUT2D eigenvalue weighted by molar-refractivity contribution is 9.10. The molecule has 0 unspecified atom stereocenters. The second-order valence-corrected chi connectivity index (χ2v) is 5.12. The van der Waals surface area contributed by atoms with Crippen molar-refractivity contribution >= 4 is 21.9 Å². The smallest absolute Gasteiger partial charge is 0.238 e. The molecule has 0 saturated heterocycles. The van der Waals surface area contributed by atoms with Crippen molar-refractivity contribution in [3.05, 3.63) is 40.0 Å². The van der Waals surface area contributed by atoms with Crippen molar-refractivity contribution in [1.82, 2.24) is 9.97 Å². The lowest BCUT2D eigenvalue weighted by Gasteiger charge is -2.08. The Morgan fingerprint density at radius 2 is 2.06 bits per heavy atom. The summed E-state index contributed by atoms with van der Waals surface area (Å²) in [5.74, 6) is 1.43. The van der Waals surface area contributed by atoms with E-state index in [1.807, 2.05) is 6.07 Å². The van der Waals surface area contributed by atoms with Gasteiger partial charge in [-0.3, -0.25) is 0 Å².